The molecule has 1 aromatic heterocycles. The van der Waals surface area contributed by atoms with Gasteiger partial charge in [-0.2, -0.15) is 0 Å². The van der Waals surface area contributed by atoms with Gasteiger partial charge in [-0.15, -0.1) is 0 Å². The highest BCUT2D eigenvalue weighted by atomic mass is 32.2. The van der Waals surface area contributed by atoms with E-state index < -0.39 is 0 Å². The first kappa shape index (κ1) is 17.8. The molecule has 2 heterocycles. The zero-order valence-corrected chi connectivity index (χ0v) is 15.3. The minimum atomic E-state index is -0.293. The molecule has 0 saturated carbocycles. The number of rotatable bonds is 8. The summed E-state index contributed by atoms with van der Waals surface area (Å²) in [7, 11) is 0. The van der Waals surface area contributed by atoms with Gasteiger partial charge in [0.05, 0.1) is 16.8 Å². The van der Waals surface area contributed by atoms with Crippen LogP contribution < -0.4 is 5.32 Å². The van der Waals surface area contributed by atoms with Gasteiger partial charge >= 0.3 is 6.03 Å². The molecular formula is C18H24N4O2S. The van der Waals surface area contributed by atoms with Crippen LogP contribution in [0, 0.1) is 0 Å². The molecule has 0 spiro atoms. The molecule has 134 valence electrons. The Labute approximate surface area is 152 Å². The average molecular weight is 360 g/mol. The average Bonchev–Trinajstić information content (AvgIpc) is 3.20. The quantitative estimate of drug-likeness (QED) is 0.580. The van der Waals surface area contributed by atoms with Crippen molar-refractivity contribution >= 4 is 34.7 Å². The summed E-state index contributed by atoms with van der Waals surface area (Å²) in [4.78, 5) is 29.8. The van der Waals surface area contributed by atoms with Crippen molar-refractivity contribution in [3.8, 4) is 0 Å². The predicted molar refractivity (Wildman–Crippen MR) is 99.7 cm³/mol. The van der Waals surface area contributed by atoms with Crippen LogP contribution in [0.1, 0.15) is 32.6 Å². The largest absolute Gasteiger partial charge is 0.336 e. The van der Waals surface area contributed by atoms with E-state index in [0.717, 1.165) is 29.2 Å². The number of nitrogens with one attached hydrogen (secondary N) is 1. The van der Waals surface area contributed by atoms with Crippen LogP contribution in [0.25, 0.3) is 11.0 Å². The molecular weight excluding hydrogens is 336 g/mol. The summed E-state index contributed by atoms with van der Waals surface area (Å²) in [6.45, 7) is 4.09. The Hall–Kier alpha value is -2.02. The number of aromatic nitrogens is 2. The van der Waals surface area contributed by atoms with Crippen LogP contribution in [0.4, 0.5) is 4.79 Å². The fraction of sp³-hybridized carbons (Fsp3) is 0.500. The maximum Gasteiger partial charge on any atom is 0.324 e. The van der Waals surface area contributed by atoms with Crippen molar-refractivity contribution in [2.75, 3.05) is 18.8 Å². The van der Waals surface area contributed by atoms with E-state index in [1.807, 2.05) is 18.2 Å². The number of nitrogens with zero attached hydrogens (tertiary/aromatic N) is 3. The van der Waals surface area contributed by atoms with Crippen LogP contribution >= 0.6 is 11.8 Å². The van der Waals surface area contributed by atoms with Gasteiger partial charge in [0.1, 0.15) is 0 Å². The fourth-order valence-electron chi connectivity index (χ4n) is 2.99. The number of amides is 3. The topological polar surface area (TPSA) is 67.2 Å². The first-order valence-corrected chi connectivity index (χ1v) is 9.85. The molecule has 1 saturated heterocycles. The number of urea groups is 1. The lowest BCUT2D eigenvalue weighted by Gasteiger charge is -2.12. The first-order chi connectivity index (χ1) is 12.2. The molecule has 3 rings (SSSR count). The van der Waals surface area contributed by atoms with Crippen molar-refractivity contribution in [1.29, 1.82) is 0 Å². The zero-order valence-electron chi connectivity index (χ0n) is 14.5. The summed E-state index contributed by atoms with van der Waals surface area (Å²) in [5.41, 5.74) is 2.06. The highest BCUT2D eigenvalue weighted by molar-refractivity contribution is 7.99. The van der Waals surface area contributed by atoms with Crippen LogP contribution in [0.3, 0.4) is 0 Å². The van der Waals surface area contributed by atoms with Crippen LogP contribution in [0.5, 0.6) is 0 Å². The molecule has 0 atom stereocenters. The van der Waals surface area contributed by atoms with Crippen molar-refractivity contribution < 1.29 is 9.59 Å². The second-order valence-corrected chi connectivity index (χ2v) is 7.10. The third kappa shape index (κ3) is 4.15. The number of hydrogen-bond donors (Lipinski definition) is 1. The molecule has 6 nitrogen and oxygen atoms in total. The number of carbonyl (C=O) groups is 2. The molecule has 7 heteroatoms. The lowest BCUT2D eigenvalue weighted by molar-refractivity contribution is -0.124. The smallest absolute Gasteiger partial charge is 0.324 e. The molecule has 1 fully saturated rings. The molecule has 0 unspecified atom stereocenters. The fourth-order valence-corrected chi connectivity index (χ4v) is 3.91. The predicted octanol–water partition coefficient (Wildman–Crippen LogP) is 3.26. The molecule has 0 aliphatic carbocycles. The molecule has 1 aliphatic rings. The minimum Gasteiger partial charge on any atom is -0.336 e. The van der Waals surface area contributed by atoms with E-state index in [9.17, 15) is 9.59 Å². The Bertz CT molecular complexity index is 759. The number of unbranched alkanes of at least 4 members (excludes halogenated alkanes) is 3. The summed E-state index contributed by atoms with van der Waals surface area (Å²) >= 11 is 1.41. The molecule has 1 N–H and O–H groups in total. The number of imide groups is 1. The third-order valence-electron chi connectivity index (χ3n) is 4.34. The number of aryl methyl sites for hydroxylation is 1. The summed E-state index contributed by atoms with van der Waals surface area (Å²) in [5, 5.41) is 3.51. The molecule has 3 amide bonds. The van der Waals surface area contributed by atoms with Crippen LogP contribution in [0.15, 0.2) is 29.4 Å². The summed E-state index contributed by atoms with van der Waals surface area (Å²) < 4.78 is 2.20. The monoisotopic (exact) mass is 360 g/mol. The highest BCUT2D eigenvalue weighted by Crippen LogP contribution is 2.25. The van der Waals surface area contributed by atoms with Gasteiger partial charge in [-0.05, 0) is 18.6 Å². The maximum atomic E-state index is 12.3. The van der Waals surface area contributed by atoms with Gasteiger partial charge < -0.3 is 9.88 Å². The van der Waals surface area contributed by atoms with E-state index >= 15 is 0 Å². The summed E-state index contributed by atoms with van der Waals surface area (Å²) in [5.74, 6) is 0.0655. The minimum absolute atomic E-state index is 0.162. The lowest BCUT2D eigenvalue weighted by atomic mass is 10.2. The highest BCUT2D eigenvalue weighted by Gasteiger charge is 2.26. The van der Waals surface area contributed by atoms with Crippen molar-refractivity contribution in [1.82, 2.24) is 19.8 Å². The van der Waals surface area contributed by atoms with E-state index in [-0.39, 0.29) is 17.7 Å². The summed E-state index contributed by atoms with van der Waals surface area (Å²) in [6.07, 6.45) is 4.74. The van der Waals surface area contributed by atoms with E-state index in [4.69, 9.17) is 0 Å². The third-order valence-corrected chi connectivity index (χ3v) is 5.30. The molecule has 0 bridgehead atoms. The van der Waals surface area contributed by atoms with E-state index in [0.29, 0.717) is 13.1 Å². The van der Waals surface area contributed by atoms with Crippen molar-refractivity contribution in [2.24, 2.45) is 0 Å². The normalized spacial score (nSPS) is 14.3. The van der Waals surface area contributed by atoms with Crippen molar-refractivity contribution in [3.63, 3.8) is 0 Å². The van der Waals surface area contributed by atoms with Gasteiger partial charge in [-0.25, -0.2) is 9.78 Å². The van der Waals surface area contributed by atoms with E-state index in [1.165, 1.54) is 35.9 Å². The Morgan fingerprint density at radius 1 is 1.28 bits per heavy atom. The molecule has 2 aromatic rings. The van der Waals surface area contributed by atoms with Gasteiger partial charge in [0.15, 0.2) is 5.16 Å². The number of carbonyl (C=O) groups excluding carboxylic acids is 2. The van der Waals surface area contributed by atoms with Crippen LogP contribution in [-0.2, 0) is 11.3 Å². The Morgan fingerprint density at radius 2 is 2.12 bits per heavy atom. The summed E-state index contributed by atoms with van der Waals surface area (Å²) in [6, 6.07) is 7.77. The molecule has 1 aliphatic heterocycles. The number of thioether (sulfide) groups is 1. The van der Waals surface area contributed by atoms with Crippen LogP contribution in [-0.4, -0.2) is 45.2 Å². The molecule has 0 radical (unpaired) electrons. The van der Waals surface area contributed by atoms with Gasteiger partial charge in [-0.3, -0.25) is 9.69 Å². The Kier molecular flexibility index (Phi) is 5.96. The van der Waals surface area contributed by atoms with Gasteiger partial charge in [0, 0.05) is 19.6 Å². The second kappa shape index (κ2) is 8.38. The second-order valence-electron chi connectivity index (χ2n) is 6.16. The lowest BCUT2D eigenvalue weighted by Crippen LogP contribution is -2.35. The van der Waals surface area contributed by atoms with Gasteiger partial charge in [0.2, 0.25) is 5.91 Å². The standard InChI is InChI=1S/C18H24N4O2S/c1-2-3-4-7-11-21-15-9-6-5-8-14(15)20-18(21)25-13-16(23)22-12-10-19-17(22)24/h5-6,8-9H,2-4,7,10-13H2,1H3,(H,19,24). The van der Waals surface area contributed by atoms with Crippen LogP contribution in [0.2, 0.25) is 0 Å². The number of imidazole rings is 1. The number of fused-ring (bicyclic) bond motifs is 1. The molecule has 25 heavy (non-hydrogen) atoms. The number of hydrogen-bond acceptors (Lipinski definition) is 4. The number of benzene rings is 1. The maximum absolute atomic E-state index is 12.3. The van der Waals surface area contributed by atoms with Gasteiger partial charge in [-0.1, -0.05) is 50.1 Å². The SMILES string of the molecule is CCCCCCn1c(SCC(=O)N2CCNC2=O)nc2ccccc21. The first-order valence-electron chi connectivity index (χ1n) is 8.87. The number of para-hydroxylation sites is 2. The van der Waals surface area contributed by atoms with E-state index in [2.05, 4.69) is 27.9 Å². The van der Waals surface area contributed by atoms with E-state index in [1.54, 1.807) is 0 Å². The molecule has 1 aromatic carbocycles. The van der Waals surface area contributed by atoms with Crippen molar-refractivity contribution in [2.45, 2.75) is 44.3 Å². The Morgan fingerprint density at radius 3 is 2.88 bits per heavy atom. The van der Waals surface area contributed by atoms with Crippen molar-refractivity contribution in [3.05, 3.63) is 24.3 Å². The zero-order chi connectivity index (χ0) is 17.6. The Balaban J connectivity index is 1.71. The van der Waals surface area contributed by atoms with Gasteiger partial charge in [0.25, 0.3) is 0 Å².